The fourth-order valence-corrected chi connectivity index (χ4v) is 2.80. The summed E-state index contributed by atoms with van der Waals surface area (Å²) in [6.07, 6.45) is 6.75. The summed E-state index contributed by atoms with van der Waals surface area (Å²) in [6, 6.07) is 6.60. The highest BCUT2D eigenvalue weighted by molar-refractivity contribution is 6.02. The van der Waals surface area contributed by atoms with E-state index in [1.54, 1.807) is 39.8 Å². The van der Waals surface area contributed by atoms with Crippen molar-refractivity contribution in [3.05, 3.63) is 71.1 Å². The Morgan fingerprint density at radius 1 is 1.30 bits per heavy atom. The second kappa shape index (κ2) is 7.99. The van der Waals surface area contributed by atoms with Gasteiger partial charge in [0, 0.05) is 29.9 Å². The standard InChI is InChI=1S/C20H22FN5O/c1-4-25-12-16(11-22-25)9-10-19(27)23-20-14(2)24-26(15(20)3)13-17-7-5-6-8-18(17)21/h5-12H,4,13H2,1-3H3,(H,23,27)/b10-9+. The van der Waals surface area contributed by atoms with E-state index >= 15 is 0 Å². The Labute approximate surface area is 157 Å². The summed E-state index contributed by atoms with van der Waals surface area (Å²) in [4.78, 5) is 12.3. The van der Waals surface area contributed by atoms with Gasteiger partial charge in [-0.2, -0.15) is 10.2 Å². The van der Waals surface area contributed by atoms with E-state index in [1.807, 2.05) is 27.0 Å². The number of benzene rings is 1. The van der Waals surface area contributed by atoms with Gasteiger partial charge in [0.1, 0.15) is 5.82 Å². The van der Waals surface area contributed by atoms with Gasteiger partial charge in [-0.25, -0.2) is 4.39 Å². The second-order valence-corrected chi connectivity index (χ2v) is 6.25. The van der Waals surface area contributed by atoms with Crippen molar-refractivity contribution in [3.63, 3.8) is 0 Å². The van der Waals surface area contributed by atoms with Crippen LogP contribution < -0.4 is 5.32 Å². The molecule has 0 atom stereocenters. The van der Waals surface area contributed by atoms with Crippen LogP contribution in [0.4, 0.5) is 10.1 Å². The van der Waals surface area contributed by atoms with E-state index in [-0.39, 0.29) is 11.7 Å². The van der Waals surface area contributed by atoms with Crippen molar-refractivity contribution in [1.82, 2.24) is 19.6 Å². The molecule has 3 rings (SSSR count). The highest BCUT2D eigenvalue weighted by Gasteiger charge is 2.14. The van der Waals surface area contributed by atoms with Crippen LogP contribution in [0.1, 0.15) is 29.4 Å². The number of rotatable bonds is 6. The summed E-state index contributed by atoms with van der Waals surface area (Å²) in [5.74, 6) is -0.526. The minimum absolute atomic E-state index is 0.254. The van der Waals surface area contributed by atoms with Gasteiger partial charge in [0.05, 0.1) is 29.8 Å². The number of aromatic nitrogens is 4. The molecule has 0 saturated carbocycles. The molecular weight excluding hydrogens is 345 g/mol. The van der Waals surface area contributed by atoms with Gasteiger partial charge in [0.15, 0.2) is 0 Å². The monoisotopic (exact) mass is 367 g/mol. The van der Waals surface area contributed by atoms with Gasteiger partial charge in [0.25, 0.3) is 0 Å². The van der Waals surface area contributed by atoms with Crippen molar-refractivity contribution < 1.29 is 9.18 Å². The van der Waals surface area contributed by atoms with Crippen LogP contribution >= 0.6 is 0 Å². The molecule has 0 fully saturated rings. The summed E-state index contributed by atoms with van der Waals surface area (Å²) in [7, 11) is 0. The molecule has 2 heterocycles. The molecule has 2 aromatic heterocycles. The van der Waals surface area contributed by atoms with Gasteiger partial charge in [-0.3, -0.25) is 14.2 Å². The number of hydrogen-bond donors (Lipinski definition) is 1. The van der Waals surface area contributed by atoms with E-state index in [9.17, 15) is 9.18 Å². The average molecular weight is 367 g/mol. The van der Waals surface area contributed by atoms with E-state index in [0.717, 1.165) is 17.8 Å². The minimum atomic E-state index is -0.272. The normalized spacial score (nSPS) is 11.3. The molecule has 0 saturated heterocycles. The Morgan fingerprint density at radius 2 is 2.07 bits per heavy atom. The summed E-state index contributed by atoms with van der Waals surface area (Å²) >= 11 is 0. The molecule has 0 radical (unpaired) electrons. The number of nitrogens with one attached hydrogen (secondary N) is 1. The SMILES string of the molecule is CCn1cc(/C=C/C(=O)Nc2c(C)nn(Cc3ccccc3F)c2C)cn1. The predicted octanol–water partition coefficient (Wildman–Crippen LogP) is 3.56. The quantitative estimate of drug-likeness (QED) is 0.678. The third-order valence-electron chi connectivity index (χ3n) is 4.31. The van der Waals surface area contributed by atoms with Crippen molar-refractivity contribution in [3.8, 4) is 0 Å². The number of amides is 1. The van der Waals surface area contributed by atoms with Crippen LogP contribution in [0, 0.1) is 19.7 Å². The van der Waals surface area contributed by atoms with E-state index < -0.39 is 0 Å². The molecule has 6 nitrogen and oxygen atoms in total. The summed E-state index contributed by atoms with van der Waals surface area (Å²) in [6.45, 7) is 6.75. The van der Waals surface area contributed by atoms with E-state index in [4.69, 9.17) is 0 Å². The fourth-order valence-electron chi connectivity index (χ4n) is 2.80. The van der Waals surface area contributed by atoms with Gasteiger partial charge < -0.3 is 5.32 Å². The third-order valence-corrected chi connectivity index (χ3v) is 4.31. The summed E-state index contributed by atoms with van der Waals surface area (Å²) in [5, 5.41) is 11.5. The first-order valence-corrected chi connectivity index (χ1v) is 8.77. The maximum absolute atomic E-state index is 13.9. The molecule has 0 aliphatic rings. The lowest BCUT2D eigenvalue weighted by molar-refractivity contribution is -0.111. The smallest absolute Gasteiger partial charge is 0.248 e. The molecule has 0 unspecified atom stereocenters. The number of hydrogen-bond acceptors (Lipinski definition) is 3. The van der Waals surface area contributed by atoms with E-state index in [1.165, 1.54) is 12.1 Å². The van der Waals surface area contributed by atoms with Crippen molar-refractivity contribution in [1.29, 1.82) is 0 Å². The number of aryl methyl sites for hydroxylation is 2. The second-order valence-electron chi connectivity index (χ2n) is 6.25. The van der Waals surface area contributed by atoms with Crippen LogP contribution in [0.2, 0.25) is 0 Å². The molecule has 1 N–H and O–H groups in total. The molecule has 140 valence electrons. The Balaban J connectivity index is 1.72. The molecule has 0 aliphatic heterocycles. The first-order chi connectivity index (χ1) is 13.0. The van der Waals surface area contributed by atoms with Crippen LogP contribution in [0.15, 0.2) is 42.7 Å². The average Bonchev–Trinajstić information content (AvgIpc) is 3.22. The van der Waals surface area contributed by atoms with Crippen LogP contribution in [-0.2, 0) is 17.9 Å². The number of carbonyl (C=O) groups excluding carboxylic acids is 1. The Hall–Kier alpha value is -3.22. The fraction of sp³-hybridized carbons (Fsp3) is 0.250. The molecule has 0 bridgehead atoms. The summed E-state index contributed by atoms with van der Waals surface area (Å²) in [5.41, 5.74) is 3.51. The maximum Gasteiger partial charge on any atom is 0.248 e. The molecule has 1 amide bonds. The van der Waals surface area contributed by atoms with Gasteiger partial charge in [-0.1, -0.05) is 18.2 Å². The minimum Gasteiger partial charge on any atom is -0.319 e. The lowest BCUT2D eigenvalue weighted by Gasteiger charge is -2.07. The van der Waals surface area contributed by atoms with Gasteiger partial charge in [-0.15, -0.1) is 0 Å². The third kappa shape index (κ3) is 4.31. The largest absolute Gasteiger partial charge is 0.319 e. The molecule has 0 spiro atoms. The van der Waals surface area contributed by atoms with Crippen LogP contribution in [-0.4, -0.2) is 25.5 Å². The molecule has 7 heteroatoms. The first-order valence-electron chi connectivity index (χ1n) is 8.77. The van der Waals surface area contributed by atoms with Gasteiger partial charge in [-0.05, 0) is 32.9 Å². The van der Waals surface area contributed by atoms with Crippen LogP contribution in [0.25, 0.3) is 6.08 Å². The highest BCUT2D eigenvalue weighted by Crippen LogP contribution is 2.21. The lowest BCUT2D eigenvalue weighted by Crippen LogP contribution is -2.10. The van der Waals surface area contributed by atoms with E-state index in [0.29, 0.717) is 23.5 Å². The highest BCUT2D eigenvalue weighted by atomic mass is 19.1. The van der Waals surface area contributed by atoms with Crippen LogP contribution in [0.5, 0.6) is 0 Å². The van der Waals surface area contributed by atoms with Crippen molar-refractivity contribution in [2.75, 3.05) is 5.32 Å². The number of anilines is 1. The van der Waals surface area contributed by atoms with Gasteiger partial charge >= 0.3 is 0 Å². The molecule has 0 aliphatic carbocycles. The zero-order chi connectivity index (χ0) is 19.4. The van der Waals surface area contributed by atoms with Crippen molar-refractivity contribution >= 4 is 17.7 Å². The Bertz CT molecular complexity index is 986. The number of carbonyl (C=O) groups is 1. The van der Waals surface area contributed by atoms with Crippen LogP contribution in [0.3, 0.4) is 0 Å². The zero-order valence-corrected chi connectivity index (χ0v) is 15.6. The van der Waals surface area contributed by atoms with Crippen molar-refractivity contribution in [2.45, 2.75) is 33.9 Å². The topological polar surface area (TPSA) is 64.7 Å². The molecule has 3 aromatic rings. The van der Waals surface area contributed by atoms with E-state index in [2.05, 4.69) is 15.5 Å². The number of nitrogens with zero attached hydrogens (tertiary/aromatic N) is 4. The predicted molar refractivity (Wildman–Crippen MR) is 103 cm³/mol. The van der Waals surface area contributed by atoms with Crippen molar-refractivity contribution in [2.24, 2.45) is 0 Å². The van der Waals surface area contributed by atoms with Gasteiger partial charge in [0.2, 0.25) is 5.91 Å². The maximum atomic E-state index is 13.9. The Kier molecular flexibility index (Phi) is 5.49. The summed E-state index contributed by atoms with van der Waals surface area (Å²) < 4.78 is 17.4. The first kappa shape index (κ1) is 18.6. The number of halogens is 1. The Morgan fingerprint density at radius 3 is 2.78 bits per heavy atom. The molecule has 1 aromatic carbocycles. The molecular formula is C20H22FN5O. The zero-order valence-electron chi connectivity index (χ0n) is 15.6. The lowest BCUT2D eigenvalue weighted by atomic mass is 10.2. The molecule has 27 heavy (non-hydrogen) atoms.